The van der Waals surface area contributed by atoms with Crippen molar-refractivity contribution in [2.45, 2.75) is 18.9 Å². The molecular formula is C9H16N6O. The number of hydrogen-bond donors (Lipinski definition) is 3. The largest absolute Gasteiger partial charge is 0.366 e. The minimum absolute atomic E-state index is 0.0836. The van der Waals surface area contributed by atoms with Gasteiger partial charge < -0.3 is 16.0 Å². The van der Waals surface area contributed by atoms with E-state index in [-0.39, 0.29) is 17.7 Å². The van der Waals surface area contributed by atoms with Crippen LogP contribution < -0.4 is 11.1 Å². The van der Waals surface area contributed by atoms with Crippen molar-refractivity contribution in [2.24, 2.45) is 0 Å². The summed E-state index contributed by atoms with van der Waals surface area (Å²) < 4.78 is 0. The summed E-state index contributed by atoms with van der Waals surface area (Å²) in [5.41, 5.74) is 5.30. The van der Waals surface area contributed by atoms with E-state index >= 15 is 0 Å². The lowest BCUT2D eigenvalue weighted by molar-refractivity contribution is 0.0939. The normalized spacial score (nSPS) is 15.4. The molecule has 0 unspecified atom stereocenters. The highest BCUT2D eigenvalue weighted by Crippen LogP contribution is 2.24. The number of carbonyl (C=O) groups excluding carboxylic acids is 1. The summed E-state index contributed by atoms with van der Waals surface area (Å²) in [6, 6.07) is 0.706. The summed E-state index contributed by atoms with van der Waals surface area (Å²) in [6.07, 6.45) is 2.53. The standard InChI is InChI=1S/C9H16N6O/c1-15(6-2-3-6)5-4-11-8(16)7-12-9(10)14-13-7/h6H,2-5H2,1H3,(H,11,16)(H3,10,12,13,14). The van der Waals surface area contributed by atoms with Gasteiger partial charge in [-0.1, -0.05) is 0 Å². The molecule has 7 nitrogen and oxygen atoms in total. The van der Waals surface area contributed by atoms with Crippen molar-refractivity contribution in [3.8, 4) is 0 Å². The van der Waals surface area contributed by atoms with Crippen LogP contribution in [0.3, 0.4) is 0 Å². The molecular weight excluding hydrogens is 208 g/mol. The Kier molecular flexibility index (Phi) is 3.04. The van der Waals surface area contributed by atoms with E-state index in [1.54, 1.807) is 0 Å². The predicted molar refractivity (Wildman–Crippen MR) is 58.8 cm³/mol. The van der Waals surface area contributed by atoms with Crippen molar-refractivity contribution in [1.29, 1.82) is 0 Å². The van der Waals surface area contributed by atoms with Gasteiger partial charge in [0.25, 0.3) is 5.91 Å². The summed E-state index contributed by atoms with van der Waals surface area (Å²) in [6.45, 7) is 1.45. The lowest BCUT2D eigenvalue weighted by Crippen LogP contribution is -2.34. The maximum Gasteiger partial charge on any atom is 0.288 e. The van der Waals surface area contributed by atoms with E-state index in [9.17, 15) is 4.79 Å². The SMILES string of the molecule is CN(CCNC(=O)c1nc(N)n[nH]1)C1CC1. The number of carbonyl (C=O) groups is 1. The Balaban J connectivity index is 1.71. The molecule has 1 fully saturated rings. The third kappa shape index (κ3) is 2.69. The van der Waals surface area contributed by atoms with Gasteiger partial charge in [-0.2, -0.15) is 4.98 Å². The van der Waals surface area contributed by atoms with Crippen molar-refractivity contribution in [3.05, 3.63) is 5.82 Å². The van der Waals surface area contributed by atoms with E-state index < -0.39 is 0 Å². The van der Waals surface area contributed by atoms with Gasteiger partial charge in [-0.25, -0.2) is 0 Å². The Bertz CT molecular complexity index is 372. The lowest BCUT2D eigenvalue weighted by Gasteiger charge is -2.15. The van der Waals surface area contributed by atoms with Crippen molar-refractivity contribution in [2.75, 3.05) is 25.9 Å². The van der Waals surface area contributed by atoms with Gasteiger partial charge in [-0.15, -0.1) is 5.10 Å². The van der Waals surface area contributed by atoms with Crippen LogP contribution in [0.15, 0.2) is 0 Å². The van der Waals surface area contributed by atoms with Crippen LogP contribution in [0.4, 0.5) is 5.95 Å². The zero-order chi connectivity index (χ0) is 11.5. The second kappa shape index (κ2) is 4.48. The first-order valence-electron chi connectivity index (χ1n) is 5.33. The lowest BCUT2D eigenvalue weighted by atomic mass is 10.4. The minimum atomic E-state index is -0.270. The van der Waals surface area contributed by atoms with Crippen LogP contribution in [0.5, 0.6) is 0 Å². The number of H-pyrrole nitrogens is 1. The second-order valence-corrected chi connectivity index (χ2v) is 4.01. The molecule has 16 heavy (non-hydrogen) atoms. The zero-order valence-electron chi connectivity index (χ0n) is 9.23. The van der Waals surface area contributed by atoms with Crippen molar-refractivity contribution in [3.63, 3.8) is 0 Å². The van der Waals surface area contributed by atoms with E-state index in [0.717, 1.165) is 6.54 Å². The van der Waals surface area contributed by atoms with Crippen LogP contribution in [0.2, 0.25) is 0 Å². The van der Waals surface area contributed by atoms with Crippen LogP contribution in [-0.2, 0) is 0 Å². The van der Waals surface area contributed by atoms with Gasteiger partial charge in [-0.05, 0) is 19.9 Å². The number of aromatic amines is 1. The molecule has 0 aromatic carbocycles. The van der Waals surface area contributed by atoms with Crippen LogP contribution >= 0.6 is 0 Å². The number of likely N-dealkylation sites (N-methyl/N-ethyl adjacent to an activating group) is 1. The van der Waals surface area contributed by atoms with E-state index in [0.29, 0.717) is 12.6 Å². The number of nitrogens with one attached hydrogen (secondary N) is 2. The Morgan fingerprint density at radius 3 is 3.00 bits per heavy atom. The predicted octanol–water partition coefficient (Wildman–Crippen LogP) is -0.789. The molecule has 0 radical (unpaired) electrons. The molecule has 2 rings (SSSR count). The number of nitrogens with two attached hydrogens (primary N) is 1. The fourth-order valence-corrected chi connectivity index (χ4v) is 1.50. The van der Waals surface area contributed by atoms with E-state index in [1.165, 1.54) is 12.8 Å². The highest BCUT2D eigenvalue weighted by Gasteiger charge is 2.25. The van der Waals surface area contributed by atoms with Crippen molar-refractivity contribution >= 4 is 11.9 Å². The first-order chi connectivity index (χ1) is 7.66. The molecule has 4 N–H and O–H groups in total. The van der Waals surface area contributed by atoms with Gasteiger partial charge in [0, 0.05) is 19.1 Å². The molecule has 7 heteroatoms. The average Bonchev–Trinajstić information content (AvgIpc) is 3.01. The molecule has 0 spiro atoms. The van der Waals surface area contributed by atoms with Gasteiger partial charge in [0.2, 0.25) is 11.8 Å². The third-order valence-electron chi connectivity index (χ3n) is 2.64. The van der Waals surface area contributed by atoms with Gasteiger partial charge in [0.15, 0.2) is 0 Å². The molecule has 1 aromatic rings. The summed E-state index contributed by atoms with van der Waals surface area (Å²) >= 11 is 0. The first-order valence-corrected chi connectivity index (χ1v) is 5.33. The molecule has 0 saturated heterocycles. The topological polar surface area (TPSA) is 99.9 Å². The molecule has 1 saturated carbocycles. The Morgan fingerprint density at radius 2 is 2.44 bits per heavy atom. The van der Waals surface area contributed by atoms with Crippen molar-refractivity contribution in [1.82, 2.24) is 25.4 Å². The number of amides is 1. The van der Waals surface area contributed by atoms with E-state index in [4.69, 9.17) is 5.73 Å². The van der Waals surface area contributed by atoms with Gasteiger partial charge in [-0.3, -0.25) is 9.89 Å². The fourth-order valence-electron chi connectivity index (χ4n) is 1.50. The van der Waals surface area contributed by atoms with Crippen molar-refractivity contribution < 1.29 is 4.79 Å². The molecule has 0 aliphatic heterocycles. The van der Waals surface area contributed by atoms with Gasteiger partial charge in [0.05, 0.1) is 0 Å². The van der Waals surface area contributed by atoms with E-state index in [2.05, 4.69) is 32.4 Å². The number of nitrogen functional groups attached to an aromatic ring is 1. The van der Waals surface area contributed by atoms with E-state index in [1.807, 2.05) is 0 Å². The quantitative estimate of drug-likeness (QED) is 0.608. The van der Waals surface area contributed by atoms with Gasteiger partial charge >= 0.3 is 0 Å². The smallest absolute Gasteiger partial charge is 0.288 e. The Labute approximate surface area is 93.4 Å². The van der Waals surface area contributed by atoms with Crippen LogP contribution in [0, 0.1) is 0 Å². The second-order valence-electron chi connectivity index (χ2n) is 4.01. The number of aromatic nitrogens is 3. The molecule has 1 aliphatic carbocycles. The maximum atomic E-state index is 11.5. The summed E-state index contributed by atoms with van der Waals surface area (Å²) in [5, 5.41) is 8.81. The molecule has 0 atom stereocenters. The molecule has 1 aromatic heterocycles. The van der Waals surface area contributed by atoms with Crippen LogP contribution in [0.25, 0.3) is 0 Å². The fraction of sp³-hybridized carbons (Fsp3) is 0.667. The number of hydrogen-bond acceptors (Lipinski definition) is 5. The number of nitrogens with zero attached hydrogens (tertiary/aromatic N) is 3. The maximum absolute atomic E-state index is 11.5. The monoisotopic (exact) mass is 224 g/mol. The first kappa shape index (κ1) is 10.9. The Hall–Kier alpha value is -1.63. The summed E-state index contributed by atoms with van der Waals surface area (Å²) in [4.78, 5) is 17.5. The Morgan fingerprint density at radius 1 is 1.69 bits per heavy atom. The molecule has 1 amide bonds. The summed E-state index contributed by atoms with van der Waals surface area (Å²) in [7, 11) is 2.07. The highest BCUT2D eigenvalue weighted by molar-refractivity contribution is 5.90. The highest BCUT2D eigenvalue weighted by atomic mass is 16.2. The third-order valence-corrected chi connectivity index (χ3v) is 2.64. The number of rotatable bonds is 5. The minimum Gasteiger partial charge on any atom is -0.366 e. The zero-order valence-corrected chi connectivity index (χ0v) is 9.23. The summed E-state index contributed by atoms with van der Waals surface area (Å²) in [5.74, 6) is -0.0276. The molecule has 1 heterocycles. The molecule has 1 aliphatic rings. The average molecular weight is 224 g/mol. The molecule has 88 valence electrons. The van der Waals surface area contributed by atoms with Crippen LogP contribution in [-0.4, -0.2) is 52.2 Å². The number of anilines is 1. The van der Waals surface area contributed by atoms with Crippen LogP contribution in [0.1, 0.15) is 23.5 Å². The molecule has 0 bridgehead atoms. The van der Waals surface area contributed by atoms with Gasteiger partial charge in [0.1, 0.15) is 0 Å².